The number of alkyl halides is 3. The van der Waals surface area contributed by atoms with Crippen LogP contribution in [0.1, 0.15) is 21.5 Å². The van der Waals surface area contributed by atoms with E-state index >= 15 is 0 Å². The molecule has 1 heterocycles. The van der Waals surface area contributed by atoms with Crippen molar-refractivity contribution < 1.29 is 18.0 Å². The van der Waals surface area contributed by atoms with Gasteiger partial charge in [-0.15, -0.1) is 0 Å². The molecular weight excluding hydrogens is 355 g/mol. The van der Waals surface area contributed by atoms with Crippen LogP contribution in [0, 0.1) is 0 Å². The number of carbonyl (C=O) groups is 1. The summed E-state index contributed by atoms with van der Waals surface area (Å²) in [5.74, 6) is -0.362. The minimum atomic E-state index is -4.48. The van der Waals surface area contributed by atoms with E-state index in [2.05, 4.69) is 15.6 Å². The van der Waals surface area contributed by atoms with Gasteiger partial charge in [0.15, 0.2) is 0 Å². The molecular formula is C20H16F3N3O. The van der Waals surface area contributed by atoms with Gasteiger partial charge in [0.25, 0.3) is 5.91 Å². The van der Waals surface area contributed by atoms with Gasteiger partial charge in [-0.25, -0.2) is 0 Å². The van der Waals surface area contributed by atoms with Crippen LogP contribution in [0.5, 0.6) is 0 Å². The summed E-state index contributed by atoms with van der Waals surface area (Å²) >= 11 is 0. The van der Waals surface area contributed by atoms with E-state index in [1.54, 1.807) is 0 Å². The highest BCUT2D eigenvalue weighted by Crippen LogP contribution is 2.35. The number of hydrogen-bond donors (Lipinski definition) is 2. The van der Waals surface area contributed by atoms with E-state index in [0.717, 1.165) is 11.6 Å². The Balaban J connectivity index is 1.74. The molecule has 2 aromatic carbocycles. The predicted octanol–water partition coefficient (Wildman–Crippen LogP) is 4.77. The average molecular weight is 371 g/mol. The molecule has 0 aliphatic carbocycles. The third-order valence-electron chi connectivity index (χ3n) is 3.81. The summed E-state index contributed by atoms with van der Waals surface area (Å²) in [5.41, 5.74) is 0.587. The van der Waals surface area contributed by atoms with Gasteiger partial charge < -0.3 is 10.6 Å². The summed E-state index contributed by atoms with van der Waals surface area (Å²) < 4.78 is 39.3. The van der Waals surface area contributed by atoms with Crippen LogP contribution >= 0.6 is 0 Å². The first-order valence-corrected chi connectivity index (χ1v) is 8.14. The predicted molar refractivity (Wildman–Crippen MR) is 96.6 cm³/mol. The molecule has 0 bridgehead atoms. The van der Waals surface area contributed by atoms with Crippen LogP contribution in [-0.4, -0.2) is 10.9 Å². The molecule has 0 unspecified atom stereocenters. The molecule has 4 nitrogen and oxygen atoms in total. The highest BCUT2D eigenvalue weighted by molar-refractivity contribution is 5.94. The Hall–Kier alpha value is -3.35. The van der Waals surface area contributed by atoms with Crippen LogP contribution in [0.25, 0.3) is 0 Å². The molecule has 1 aromatic heterocycles. The summed E-state index contributed by atoms with van der Waals surface area (Å²) in [6.07, 6.45) is -1.76. The fourth-order valence-electron chi connectivity index (χ4n) is 2.51. The van der Waals surface area contributed by atoms with E-state index in [1.807, 2.05) is 30.3 Å². The van der Waals surface area contributed by atoms with Crippen LogP contribution < -0.4 is 10.6 Å². The third-order valence-corrected chi connectivity index (χ3v) is 3.81. The summed E-state index contributed by atoms with van der Waals surface area (Å²) in [4.78, 5) is 16.2. The molecule has 0 saturated heterocycles. The second-order valence-corrected chi connectivity index (χ2v) is 5.80. The smallest absolute Gasteiger partial charge is 0.354 e. The van der Waals surface area contributed by atoms with Gasteiger partial charge in [0.2, 0.25) is 0 Å². The van der Waals surface area contributed by atoms with Crippen molar-refractivity contribution in [1.29, 1.82) is 0 Å². The normalized spacial score (nSPS) is 11.1. The first-order valence-electron chi connectivity index (χ1n) is 8.14. The van der Waals surface area contributed by atoms with E-state index in [1.165, 1.54) is 36.7 Å². The Morgan fingerprint density at radius 1 is 0.963 bits per heavy atom. The summed E-state index contributed by atoms with van der Waals surface area (Å²) in [6, 6.07) is 16.0. The van der Waals surface area contributed by atoms with E-state index in [4.69, 9.17) is 0 Å². The van der Waals surface area contributed by atoms with Gasteiger partial charge in [-0.05, 0) is 23.8 Å². The summed E-state index contributed by atoms with van der Waals surface area (Å²) in [7, 11) is 0. The van der Waals surface area contributed by atoms with Crippen molar-refractivity contribution in [3.05, 3.63) is 89.7 Å². The molecule has 3 aromatic rings. The number of pyridine rings is 1. The fraction of sp³-hybridized carbons (Fsp3) is 0.100. The Bertz CT molecular complexity index is 927. The Labute approximate surface area is 154 Å². The van der Waals surface area contributed by atoms with Crippen molar-refractivity contribution in [3.8, 4) is 0 Å². The number of rotatable bonds is 5. The molecule has 7 heteroatoms. The maximum Gasteiger partial charge on any atom is 0.418 e. The van der Waals surface area contributed by atoms with Gasteiger partial charge in [0, 0.05) is 12.7 Å². The van der Waals surface area contributed by atoms with Crippen LogP contribution in [0.2, 0.25) is 0 Å². The maximum atomic E-state index is 13.1. The minimum absolute atomic E-state index is 0.103. The highest BCUT2D eigenvalue weighted by atomic mass is 19.4. The molecule has 138 valence electrons. The molecule has 0 fully saturated rings. The number of para-hydroxylation sites is 1. The monoisotopic (exact) mass is 371 g/mol. The van der Waals surface area contributed by atoms with Gasteiger partial charge in [-0.3, -0.25) is 9.78 Å². The van der Waals surface area contributed by atoms with E-state index in [9.17, 15) is 18.0 Å². The second kappa shape index (κ2) is 7.90. The van der Waals surface area contributed by atoms with Crippen molar-refractivity contribution in [2.75, 3.05) is 5.32 Å². The topological polar surface area (TPSA) is 54.0 Å². The molecule has 1 amide bonds. The molecule has 0 spiro atoms. The zero-order valence-electron chi connectivity index (χ0n) is 14.1. The number of amides is 1. The molecule has 3 rings (SSSR count). The lowest BCUT2D eigenvalue weighted by Gasteiger charge is -2.14. The van der Waals surface area contributed by atoms with Crippen molar-refractivity contribution in [2.45, 2.75) is 12.7 Å². The van der Waals surface area contributed by atoms with Crippen molar-refractivity contribution in [1.82, 2.24) is 10.3 Å². The quantitative estimate of drug-likeness (QED) is 0.679. The molecule has 0 aliphatic rings. The zero-order chi connectivity index (χ0) is 19.3. The van der Waals surface area contributed by atoms with Crippen molar-refractivity contribution in [2.24, 2.45) is 0 Å². The van der Waals surface area contributed by atoms with Gasteiger partial charge in [-0.2, -0.15) is 13.2 Å². The number of nitrogens with zero attached hydrogens (tertiary/aromatic N) is 1. The Morgan fingerprint density at radius 2 is 1.67 bits per heavy atom. The van der Waals surface area contributed by atoms with E-state index < -0.39 is 11.7 Å². The van der Waals surface area contributed by atoms with Gasteiger partial charge in [0.05, 0.1) is 28.7 Å². The molecule has 2 N–H and O–H groups in total. The Kier molecular flexibility index (Phi) is 5.40. The number of nitrogens with one attached hydrogen (secondary N) is 2. The fourth-order valence-corrected chi connectivity index (χ4v) is 2.51. The molecule has 0 aliphatic heterocycles. The molecule has 27 heavy (non-hydrogen) atoms. The number of anilines is 2. The summed E-state index contributed by atoms with van der Waals surface area (Å²) in [6.45, 7) is 0.342. The van der Waals surface area contributed by atoms with Crippen LogP contribution in [0.3, 0.4) is 0 Å². The molecule has 0 saturated carbocycles. The number of carbonyl (C=O) groups excluding carboxylic acids is 1. The first-order chi connectivity index (χ1) is 12.9. The van der Waals surface area contributed by atoms with Gasteiger partial charge >= 0.3 is 6.18 Å². The highest BCUT2D eigenvalue weighted by Gasteiger charge is 2.33. The number of benzene rings is 2. The molecule has 0 atom stereocenters. The van der Waals surface area contributed by atoms with Crippen molar-refractivity contribution in [3.63, 3.8) is 0 Å². The standard InChI is InChI=1S/C20H16F3N3O/c21-20(22,23)17-8-4-5-9-18(17)26-16-10-15(12-24-13-16)19(27)25-11-14-6-2-1-3-7-14/h1-10,12-13,26H,11H2,(H,25,27). The Morgan fingerprint density at radius 3 is 2.41 bits per heavy atom. The van der Waals surface area contributed by atoms with Gasteiger partial charge in [-0.1, -0.05) is 42.5 Å². The maximum absolute atomic E-state index is 13.1. The lowest BCUT2D eigenvalue weighted by Crippen LogP contribution is -2.23. The average Bonchev–Trinajstić information content (AvgIpc) is 2.67. The van der Waals surface area contributed by atoms with E-state index in [-0.39, 0.29) is 17.2 Å². The second-order valence-electron chi connectivity index (χ2n) is 5.80. The van der Waals surface area contributed by atoms with Crippen LogP contribution in [-0.2, 0) is 12.7 Å². The first kappa shape index (κ1) is 18.4. The van der Waals surface area contributed by atoms with Gasteiger partial charge in [0.1, 0.15) is 0 Å². The minimum Gasteiger partial charge on any atom is -0.354 e. The number of aromatic nitrogens is 1. The van der Waals surface area contributed by atoms with E-state index in [0.29, 0.717) is 12.2 Å². The largest absolute Gasteiger partial charge is 0.418 e. The van der Waals surface area contributed by atoms with Crippen molar-refractivity contribution >= 4 is 17.3 Å². The SMILES string of the molecule is O=C(NCc1ccccc1)c1cncc(Nc2ccccc2C(F)(F)F)c1. The summed E-state index contributed by atoms with van der Waals surface area (Å²) in [5, 5.41) is 5.44. The zero-order valence-corrected chi connectivity index (χ0v) is 14.1. The third kappa shape index (κ3) is 4.84. The lowest BCUT2D eigenvalue weighted by atomic mass is 10.1. The lowest BCUT2D eigenvalue weighted by molar-refractivity contribution is -0.136. The van der Waals surface area contributed by atoms with Crippen LogP contribution in [0.15, 0.2) is 73.1 Å². The molecule has 0 radical (unpaired) electrons. The number of halogens is 3. The number of hydrogen-bond acceptors (Lipinski definition) is 3. The van der Waals surface area contributed by atoms with Crippen LogP contribution in [0.4, 0.5) is 24.5 Å².